The van der Waals surface area contributed by atoms with Crippen LogP contribution in [0.4, 0.5) is 0 Å². The number of nitrogens with one attached hydrogen (secondary N) is 1. The number of benzene rings is 2. The Hall–Kier alpha value is -3.61. The van der Waals surface area contributed by atoms with Gasteiger partial charge in [-0.15, -0.1) is 0 Å². The van der Waals surface area contributed by atoms with E-state index in [1.54, 1.807) is 25.1 Å². The second-order valence-electron chi connectivity index (χ2n) is 7.66. The molecule has 0 bridgehead atoms. The molecule has 1 N–H and O–H groups in total. The Bertz CT molecular complexity index is 1150. The van der Waals surface area contributed by atoms with Crippen LogP contribution in [0.2, 0.25) is 0 Å². The number of methoxy groups -OCH3 is 1. The average Bonchev–Trinajstić information content (AvgIpc) is 2.81. The van der Waals surface area contributed by atoms with Gasteiger partial charge in [-0.2, -0.15) is 0 Å². The zero-order chi connectivity index (χ0) is 23.3. The topological polar surface area (TPSA) is 94.8 Å². The minimum absolute atomic E-state index is 0.0926. The van der Waals surface area contributed by atoms with E-state index in [0.717, 1.165) is 16.5 Å². The third-order valence-electron chi connectivity index (χ3n) is 5.45. The van der Waals surface area contributed by atoms with Crippen molar-refractivity contribution >= 4 is 22.8 Å². The minimum atomic E-state index is -0.882. The molecule has 168 valence electrons. The molecule has 0 aliphatic heterocycles. The minimum Gasteiger partial charge on any atom is -0.481 e. The lowest BCUT2D eigenvalue weighted by Crippen LogP contribution is -2.49. The third kappa shape index (κ3) is 5.17. The smallest absolute Gasteiger partial charge is 0.336 e. The van der Waals surface area contributed by atoms with E-state index < -0.39 is 29.6 Å². The number of amides is 1. The first-order chi connectivity index (χ1) is 15.3. The molecule has 3 rings (SSSR count). The van der Waals surface area contributed by atoms with E-state index >= 15 is 0 Å². The van der Waals surface area contributed by atoms with Crippen molar-refractivity contribution in [3.05, 3.63) is 65.0 Å². The zero-order valence-corrected chi connectivity index (χ0v) is 18.6. The lowest BCUT2D eigenvalue weighted by molar-refractivity contribution is -0.147. The van der Waals surface area contributed by atoms with Gasteiger partial charge in [-0.25, -0.2) is 9.59 Å². The van der Waals surface area contributed by atoms with Gasteiger partial charge in [0.25, 0.3) is 5.91 Å². The number of hydrogen-bond donors (Lipinski definition) is 1. The van der Waals surface area contributed by atoms with Crippen LogP contribution in [0.25, 0.3) is 22.1 Å². The van der Waals surface area contributed by atoms with Gasteiger partial charge in [0, 0.05) is 17.5 Å². The largest absolute Gasteiger partial charge is 0.481 e. The summed E-state index contributed by atoms with van der Waals surface area (Å²) in [6.45, 7) is 5.38. The van der Waals surface area contributed by atoms with Crippen molar-refractivity contribution in [2.24, 2.45) is 5.92 Å². The van der Waals surface area contributed by atoms with Crippen LogP contribution in [0, 0.1) is 5.92 Å². The van der Waals surface area contributed by atoms with Crippen molar-refractivity contribution in [2.45, 2.75) is 39.3 Å². The van der Waals surface area contributed by atoms with Gasteiger partial charge < -0.3 is 19.2 Å². The normalized spacial score (nSPS) is 13.8. The van der Waals surface area contributed by atoms with Gasteiger partial charge in [0.05, 0.1) is 7.11 Å². The highest BCUT2D eigenvalue weighted by molar-refractivity contribution is 5.94. The summed E-state index contributed by atoms with van der Waals surface area (Å²) in [6, 6.07) is 15.3. The van der Waals surface area contributed by atoms with E-state index in [9.17, 15) is 14.4 Å². The first-order valence-electron chi connectivity index (χ1n) is 10.5. The number of fused-ring (bicyclic) bond motifs is 1. The first-order valence-corrected chi connectivity index (χ1v) is 10.5. The predicted octanol–water partition coefficient (Wildman–Crippen LogP) is 3.93. The maximum absolute atomic E-state index is 12.6. The quantitative estimate of drug-likeness (QED) is 0.424. The number of carbonyl (C=O) groups excluding carboxylic acids is 2. The highest BCUT2D eigenvalue weighted by Crippen LogP contribution is 2.29. The Morgan fingerprint density at radius 2 is 1.78 bits per heavy atom. The molecule has 0 spiro atoms. The maximum Gasteiger partial charge on any atom is 0.336 e. The second kappa shape index (κ2) is 10.1. The van der Waals surface area contributed by atoms with E-state index in [1.807, 2.05) is 44.2 Å². The Kier molecular flexibility index (Phi) is 7.30. The van der Waals surface area contributed by atoms with Crippen LogP contribution in [-0.2, 0) is 14.3 Å². The molecule has 0 aliphatic carbocycles. The van der Waals surface area contributed by atoms with Crippen LogP contribution < -0.4 is 15.7 Å². The molecule has 7 nitrogen and oxygen atoms in total. The summed E-state index contributed by atoms with van der Waals surface area (Å²) < 4.78 is 15.9. The summed E-state index contributed by atoms with van der Waals surface area (Å²) in [5.74, 6) is -0.669. The van der Waals surface area contributed by atoms with E-state index in [2.05, 4.69) is 5.32 Å². The number of rotatable bonds is 8. The van der Waals surface area contributed by atoms with E-state index in [4.69, 9.17) is 13.9 Å². The van der Waals surface area contributed by atoms with E-state index in [0.29, 0.717) is 17.8 Å². The zero-order valence-electron chi connectivity index (χ0n) is 18.6. The van der Waals surface area contributed by atoms with Crippen molar-refractivity contribution in [2.75, 3.05) is 7.11 Å². The molecule has 1 aromatic heterocycles. The molecule has 0 saturated carbocycles. The van der Waals surface area contributed by atoms with Gasteiger partial charge in [-0.3, -0.25) is 4.79 Å². The van der Waals surface area contributed by atoms with Crippen molar-refractivity contribution < 1.29 is 23.5 Å². The Balaban J connectivity index is 1.82. The molecule has 32 heavy (non-hydrogen) atoms. The number of carbonyl (C=O) groups is 2. The van der Waals surface area contributed by atoms with Gasteiger partial charge in [0.2, 0.25) is 0 Å². The Morgan fingerprint density at radius 3 is 2.44 bits per heavy atom. The highest BCUT2D eigenvalue weighted by atomic mass is 16.5. The van der Waals surface area contributed by atoms with Crippen molar-refractivity contribution in [1.29, 1.82) is 0 Å². The fourth-order valence-corrected chi connectivity index (χ4v) is 3.40. The van der Waals surface area contributed by atoms with Gasteiger partial charge in [0.1, 0.15) is 17.4 Å². The fourth-order valence-electron chi connectivity index (χ4n) is 3.40. The maximum atomic E-state index is 12.6. The molecule has 2 aromatic carbocycles. The molecular weight excluding hydrogens is 410 g/mol. The summed E-state index contributed by atoms with van der Waals surface area (Å²) in [7, 11) is 1.29. The highest BCUT2D eigenvalue weighted by Gasteiger charge is 2.29. The molecule has 0 fully saturated rings. The van der Waals surface area contributed by atoms with Crippen molar-refractivity contribution in [1.82, 2.24) is 5.32 Å². The summed E-state index contributed by atoms with van der Waals surface area (Å²) in [5, 5.41) is 3.46. The summed E-state index contributed by atoms with van der Waals surface area (Å²) in [5.41, 5.74) is 1.52. The lowest BCUT2D eigenvalue weighted by Gasteiger charge is -2.24. The van der Waals surface area contributed by atoms with Crippen LogP contribution >= 0.6 is 0 Å². The molecule has 0 saturated heterocycles. The first kappa shape index (κ1) is 23.1. The third-order valence-corrected chi connectivity index (χ3v) is 5.45. The van der Waals surface area contributed by atoms with Gasteiger partial charge >= 0.3 is 11.6 Å². The second-order valence-corrected chi connectivity index (χ2v) is 7.66. The Morgan fingerprint density at radius 1 is 1.06 bits per heavy atom. The molecule has 1 amide bonds. The predicted molar refractivity (Wildman–Crippen MR) is 121 cm³/mol. The SMILES string of the molecule is CCC(C)C(NC(=O)C(C)Oc1ccc2c(-c3ccccc3)cc(=O)oc2c1)C(=O)OC. The van der Waals surface area contributed by atoms with Crippen LogP contribution in [0.5, 0.6) is 5.75 Å². The molecular formula is C25H27NO6. The average molecular weight is 437 g/mol. The van der Waals surface area contributed by atoms with Gasteiger partial charge in [-0.1, -0.05) is 50.6 Å². The van der Waals surface area contributed by atoms with Crippen molar-refractivity contribution in [3.63, 3.8) is 0 Å². The monoisotopic (exact) mass is 437 g/mol. The fraction of sp³-hybridized carbons (Fsp3) is 0.320. The standard InChI is InChI=1S/C25H27NO6/c1-5-15(2)23(25(29)30-4)26-24(28)16(3)31-18-11-12-19-20(17-9-7-6-8-10-17)14-22(27)32-21(19)13-18/h6-16,23H,5H2,1-4H3,(H,26,28). The number of ether oxygens (including phenoxy) is 2. The van der Waals surface area contributed by atoms with Crippen LogP contribution in [-0.4, -0.2) is 31.1 Å². The lowest BCUT2D eigenvalue weighted by atomic mass is 9.99. The molecule has 3 unspecified atom stereocenters. The molecule has 3 aromatic rings. The van der Waals surface area contributed by atoms with E-state index in [-0.39, 0.29) is 5.92 Å². The number of esters is 1. The van der Waals surface area contributed by atoms with E-state index in [1.165, 1.54) is 13.2 Å². The Labute approximate surface area is 186 Å². The van der Waals surface area contributed by atoms with Gasteiger partial charge in [0.15, 0.2) is 6.10 Å². The van der Waals surface area contributed by atoms with Crippen LogP contribution in [0.15, 0.2) is 63.8 Å². The summed E-state index contributed by atoms with van der Waals surface area (Å²) in [4.78, 5) is 36.8. The number of hydrogen-bond acceptors (Lipinski definition) is 6. The summed E-state index contributed by atoms with van der Waals surface area (Å²) in [6.07, 6.45) is -0.185. The van der Waals surface area contributed by atoms with Crippen LogP contribution in [0.1, 0.15) is 27.2 Å². The van der Waals surface area contributed by atoms with Crippen molar-refractivity contribution in [3.8, 4) is 16.9 Å². The molecule has 3 atom stereocenters. The molecule has 0 aliphatic rings. The summed E-state index contributed by atoms with van der Waals surface area (Å²) >= 11 is 0. The van der Waals surface area contributed by atoms with Crippen LogP contribution in [0.3, 0.4) is 0 Å². The molecule has 1 heterocycles. The molecule has 7 heteroatoms. The van der Waals surface area contributed by atoms with Gasteiger partial charge in [-0.05, 0) is 36.1 Å². The molecule has 0 radical (unpaired) electrons.